The van der Waals surface area contributed by atoms with Crippen molar-refractivity contribution in [2.24, 2.45) is 7.05 Å². The smallest absolute Gasteiger partial charge is 0.230 e. The fraction of sp³-hybridized carbons (Fsp3) is 0.500. The Morgan fingerprint density at radius 3 is 3.17 bits per heavy atom. The van der Waals surface area contributed by atoms with Crippen LogP contribution in [-0.2, 0) is 29.7 Å². The molecule has 0 saturated heterocycles. The number of carbonyl (C=O) groups is 1. The maximum atomic E-state index is 12.6. The molecular weight excluding hydrogens is 312 g/mol. The quantitative estimate of drug-likeness (QED) is 0.810. The zero-order valence-electron chi connectivity index (χ0n) is 13.5. The lowest BCUT2D eigenvalue weighted by Gasteiger charge is -2.31. The van der Waals surface area contributed by atoms with Gasteiger partial charge in [0, 0.05) is 45.2 Å². The van der Waals surface area contributed by atoms with E-state index in [4.69, 9.17) is 4.74 Å². The van der Waals surface area contributed by atoms with Crippen molar-refractivity contribution in [3.63, 3.8) is 0 Å². The number of aryl methyl sites for hydroxylation is 1. The second-order valence-electron chi connectivity index (χ2n) is 5.77. The summed E-state index contributed by atoms with van der Waals surface area (Å²) in [4.78, 5) is 20.7. The van der Waals surface area contributed by atoms with E-state index in [0.717, 1.165) is 24.5 Å². The molecule has 3 rings (SSSR count). The maximum Gasteiger partial charge on any atom is 0.230 e. The van der Waals surface area contributed by atoms with Crippen LogP contribution in [0.5, 0.6) is 0 Å². The fourth-order valence-electron chi connectivity index (χ4n) is 3.03. The maximum absolute atomic E-state index is 12.6. The lowest BCUT2D eigenvalue weighted by Crippen LogP contribution is -2.42. The van der Waals surface area contributed by atoms with E-state index >= 15 is 0 Å². The summed E-state index contributed by atoms with van der Waals surface area (Å²) in [5.41, 5.74) is 2.03. The molecular formula is C16H22N4O2S. The average Bonchev–Trinajstić information content (AvgIpc) is 3.17. The van der Waals surface area contributed by atoms with Gasteiger partial charge in [-0.15, -0.1) is 11.3 Å². The molecule has 1 N–H and O–H groups in total. The highest BCUT2D eigenvalue weighted by Gasteiger charge is 2.33. The van der Waals surface area contributed by atoms with E-state index in [1.165, 1.54) is 4.88 Å². The predicted molar refractivity (Wildman–Crippen MR) is 89.3 cm³/mol. The Morgan fingerprint density at radius 2 is 2.43 bits per heavy atom. The summed E-state index contributed by atoms with van der Waals surface area (Å²) in [6.45, 7) is 3.41. The Labute approximate surface area is 140 Å². The number of amides is 1. The number of thiophene rings is 1. The number of carbonyl (C=O) groups excluding carboxylic acids is 1. The number of ether oxygens (including phenoxy) is 1. The molecule has 1 amide bonds. The van der Waals surface area contributed by atoms with Crippen molar-refractivity contribution in [3.05, 3.63) is 40.1 Å². The molecule has 124 valence electrons. The molecule has 23 heavy (non-hydrogen) atoms. The third kappa shape index (κ3) is 3.63. The van der Waals surface area contributed by atoms with Crippen molar-refractivity contribution in [2.75, 3.05) is 26.8 Å². The molecule has 1 atom stereocenters. The molecule has 0 radical (unpaired) electrons. The van der Waals surface area contributed by atoms with Gasteiger partial charge in [0.25, 0.3) is 0 Å². The summed E-state index contributed by atoms with van der Waals surface area (Å²) in [5.74, 6) is -0.147. The lowest BCUT2D eigenvalue weighted by molar-refractivity contribution is -0.123. The molecule has 0 spiro atoms. The topological polar surface area (TPSA) is 59.4 Å². The highest BCUT2D eigenvalue weighted by atomic mass is 32.1. The zero-order valence-corrected chi connectivity index (χ0v) is 14.3. The Bertz CT molecular complexity index is 653. The second kappa shape index (κ2) is 7.25. The van der Waals surface area contributed by atoms with Gasteiger partial charge >= 0.3 is 0 Å². The number of methoxy groups -OCH3 is 1. The number of aromatic nitrogens is 2. The Morgan fingerprint density at radius 1 is 1.57 bits per heavy atom. The highest BCUT2D eigenvalue weighted by Crippen LogP contribution is 2.29. The first kappa shape index (κ1) is 16.2. The van der Waals surface area contributed by atoms with Crippen LogP contribution in [0.15, 0.2) is 23.8 Å². The van der Waals surface area contributed by atoms with Crippen LogP contribution in [0.3, 0.4) is 0 Å². The van der Waals surface area contributed by atoms with Crippen LogP contribution in [0.2, 0.25) is 0 Å². The summed E-state index contributed by atoms with van der Waals surface area (Å²) in [6, 6.07) is 4.19. The van der Waals surface area contributed by atoms with E-state index in [0.29, 0.717) is 19.7 Å². The minimum atomic E-state index is -0.192. The van der Waals surface area contributed by atoms with Gasteiger partial charge in [0.05, 0.1) is 30.2 Å². The summed E-state index contributed by atoms with van der Waals surface area (Å²) in [6.07, 6.45) is 1.80. The van der Waals surface area contributed by atoms with Gasteiger partial charge in [0.15, 0.2) is 0 Å². The Balaban J connectivity index is 1.76. The first-order chi connectivity index (χ1) is 11.2. The van der Waals surface area contributed by atoms with E-state index in [2.05, 4.69) is 32.7 Å². The van der Waals surface area contributed by atoms with Crippen molar-refractivity contribution in [1.29, 1.82) is 0 Å². The SMILES string of the molecule is COCCNC(=O)[C@H]1CN(Cc2cccs2)Cc2ncn(C)c21. The molecule has 0 saturated carbocycles. The minimum absolute atomic E-state index is 0.0442. The third-order valence-electron chi connectivity index (χ3n) is 4.09. The molecule has 2 aromatic heterocycles. The summed E-state index contributed by atoms with van der Waals surface area (Å²) >= 11 is 1.75. The van der Waals surface area contributed by atoms with Crippen LogP contribution >= 0.6 is 11.3 Å². The molecule has 0 aliphatic carbocycles. The number of rotatable bonds is 6. The first-order valence-corrected chi connectivity index (χ1v) is 8.58. The molecule has 0 unspecified atom stereocenters. The molecule has 1 aliphatic rings. The van der Waals surface area contributed by atoms with Gasteiger partial charge < -0.3 is 14.6 Å². The fourth-order valence-corrected chi connectivity index (χ4v) is 3.77. The van der Waals surface area contributed by atoms with Crippen molar-refractivity contribution in [1.82, 2.24) is 19.8 Å². The number of nitrogens with zero attached hydrogens (tertiary/aromatic N) is 3. The van der Waals surface area contributed by atoms with E-state index in [-0.39, 0.29) is 11.8 Å². The van der Waals surface area contributed by atoms with Gasteiger partial charge in [-0.3, -0.25) is 9.69 Å². The largest absolute Gasteiger partial charge is 0.383 e. The molecule has 1 aliphatic heterocycles. The number of nitrogens with one attached hydrogen (secondary N) is 1. The predicted octanol–water partition coefficient (Wildman–Crippen LogP) is 1.34. The highest BCUT2D eigenvalue weighted by molar-refractivity contribution is 7.09. The second-order valence-corrected chi connectivity index (χ2v) is 6.81. The van der Waals surface area contributed by atoms with Gasteiger partial charge in [-0.1, -0.05) is 6.07 Å². The van der Waals surface area contributed by atoms with Gasteiger partial charge in [0.2, 0.25) is 5.91 Å². The van der Waals surface area contributed by atoms with Gasteiger partial charge in [0.1, 0.15) is 0 Å². The molecule has 2 aromatic rings. The van der Waals surface area contributed by atoms with E-state index < -0.39 is 0 Å². The Kier molecular flexibility index (Phi) is 5.09. The van der Waals surface area contributed by atoms with E-state index in [1.807, 2.05) is 11.6 Å². The van der Waals surface area contributed by atoms with Crippen LogP contribution in [0.1, 0.15) is 22.2 Å². The van der Waals surface area contributed by atoms with Crippen LogP contribution in [-0.4, -0.2) is 47.2 Å². The van der Waals surface area contributed by atoms with Crippen molar-refractivity contribution in [3.8, 4) is 0 Å². The number of hydrogen-bond donors (Lipinski definition) is 1. The van der Waals surface area contributed by atoms with Crippen LogP contribution in [0.4, 0.5) is 0 Å². The van der Waals surface area contributed by atoms with Crippen molar-refractivity contribution >= 4 is 17.2 Å². The summed E-state index contributed by atoms with van der Waals surface area (Å²) in [7, 11) is 3.59. The molecule has 6 nitrogen and oxygen atoms in total. The molecule has 0 aromatic carbocycles. The van der Waals surface area contributed by atoms with E-state index in [9.17, 15) is 4.79 Å². The number of hydrogen-bond acceptors (Lipinski definition) is 5. The number of fused-ring (bicyclic) bond motifs is 1. The summed E-state index contributed by atoms with van der Waals surface area (Å²) < 4.78 is 6.98. The third-order valence-corrected chi connectivity index (χ3v) is 4.95. The van der Waals surface area contributed by atoms with Gasteiger partial charge in [-0.25, -0.2) is 4.98 Å². The van der Waals surface area contributed by atoms with Gasteiger partial charge in [-0.2, -0.15) is 0 Å². The minimum Gasteiger partial charge on any atom is -0.383 e. The molecule has 0 fully saturated rings. The standard InChI is InChI=1S/C16H22N4O2S/c1-19-11-18-14-10-20(8-12-4-3-7-23-12)9-13(15(14)19)16(21)17-5-6-22-2/h3-4,7,11,13H,5-6,8-10H2,1-2H3,(H,17,21)/t13-/m0/s1. The van der Waals surface area contributed by atoms with Crippen LogP contribution < -0.4 is 5.32 Å². The average molecular weight is 334 g/mol. The van der Waals surface area contributed by atoms with Crippen molar-refractivity contribution < 1.29 is 9.53 Å². The monoisotopic (exact) mass is 334 g/mol. The van der Waals surface area contributed by atoms with Gasteiger partial charge in [-0.05, 0) is 11.4 Å². The normalized spacial score (nSPS) is 17.9. The molecule has 0 bridgehead atoms. The summed E-state index contributed by atoms with van der Waals surface area (Å²) in [5, 5.41) is 5.05. The zero-order chi connectivity index (χ0) is 16.2. The van der Waals surface area contributed by atoms with Crippen LogP contribution in [0.25, 0.3) is 0 Å². The lowest BCUT2D eigenvalue weighted by atomic mass is 9.97. The van der Waals surface area contributed by atoms with Crippen LogP contribution in [0, 0.1) is 0 Å². The first-order valence-electron chi connectivity index (χ1n) is 7.70. The Hall–Kier alpha value is -1.70. The number of imidazole rings is 1. The molecule has 3 heterocycles. The van der Waals surface area contributed by atoms with E-state index in [1.54, 1.807) is 24.8 Å². The molecule has 7 heteroatoms. The van der Waals surface area contributed by atoms with Crippen molar-refractivity contribution in [2.45, 2.75) is 19.0 Å².